The third kappa shape index (κ3) is 4.18. The van der Waals surface area contributed by atoms with Crippen LogP contribution in [0.15, 0.2) is 31.1 Å². The van der Waals surface area contributed by atoms with Gasteiger partial charge in [0, 0.05) is 25.8 Å². The van der Waals surface area contributed by atoms with Crippen molar-refractivity contribution in [2.75, 3.05) is 19.7 Å². The molecule has 0 saturated heterocycles. The second-order valence-electron chi connectivity index (χ2n) is 3.26. The highest BCUT2D eigenvalue weighted by molar-refractivity contribution is 5.10. The summed E-state index contributed by atoms with van der Waals surface area (Å²) in [5, 5.41) is 8.83. The van der Waals surface area contributed by atoms with Gasteiger partial charge in [-0.25, -0.2) is 4.39 Å². The van der Waals surface area contributed by atoms with Crippen LogP contribution >= 0.6 is 0 Å². The van der Waals surface area contributed by atoms with Gasteiger partial charge >= 0.3 is 0 Å². The normalized spacial score (nSPS) is 10.6. The van der Waals surface area contributed by atoms with E-state index < -0.39 is 0 Å². The number of aliphatic hydroxyl groups is 1. The zero-order chi connectivity index (χ0) is 11.1. The molecule has 0 aliphatic carbocycles. The molecular formula is C11H15FN2O. The minimum Gasteiger partial charge on any atom is -0.395 e. The summed E-state index contributed by atoms with van der Waals surface area (Å²) in [7, 11) is 0. The summed E-state index contributed by atoms with van der Waals surface area (Å²) in [5.74, 6) is -0.338. The second-order valence-corrected chi connectivity index (χ2v) is 3.26. The highest BCUT2D eigenvalue weighted by atomic mass is 19.1. The van der Waals surface area contributed by atoms with Gasteiger partial charge in [0.15, 0.2) is 0 Å². The number of hydrogen-bond acceptors (Lipinski definition) is 3. The molecule has 0 aliphatic rings. The van der Waals surface area contributed by atoms with Gasteiger partial charge in [0.1, 0.15) is 5.82 Å². The van der Waals surface area contributed by atoms with E-state index in [1.165, 1.54) is 12.3 Å². The van der Waals surface area contributed by atoms with Crippen LogP contribution in [0.4, 0.5) is 4.39 Å². The van der Waals surface area contributed by atoms with Crippen molar-refractivity contribution in [1.82, 2.24) is 9.88 Å². The van der Waals surface area contributed by atoms with E-state index in [9.17, 15) is 4.39 Å². The summed E-state index contributed by atoms with van der Waals surface area (Å²) in [5.41, 5.74) is 0.797. The third-order valence-electron chi connectivity index (χ3n) is 1.97. The Morgan fingerprint density at radius 3 is 2.93 bits per heavy atom. The van der Waals surface area contributed by atoms with E-state index in [0.29, 0.717) is 19.6 Å². The lowest BCUT2D eigenvalue weighted by Gasteiger charge is -2.18. The maximum atomic E-state index is 12.8. The van der Waals surface area contributed by atoms with Crippen molar-refractivity contribution in [3.8, 4) is 0 Å². The molecule has 1 N–H and O–H groups in total. The van der Waals surface area contributed by atoms with Gasteiger partial charge in [-0.1, -0.05) is 6.08 Å². The molecule has 0 spiro atoms. The molecule has 0 aliphatic heterocycles. The molecule has 1 rings (SSSR count). The molecule has 1 heterocycles. The Balaban J connectivity index is 2.60. The molecule has 0 atom stereocenters. The van der Waals surface area contributed by atoms with Gasteiger partial charge in [-0.15, -0.1) is 6.58 Å². The summed E-state index contributed by atoms with van der Waals surface area (Å²) in [6.45, 7) is 5.48. The first-order valence-electron chi connectivity index (χ1n) is 4.80. The van der Waals surface area contributed by atoms with Crippen molar-refractivity contribution in [2.24, 2.45) is 0 Å². The van der Waals surface area contributed by atoms with E-state index in [4.69, 9.17) is 5.11 Å². The van der Waals surface area contributed by atoms with E-state index >= 15 is 0 Å². The zero-order valence-corrected chi connectivity index (χ0v) is 8.56. The largest absolute Gasteiger partial charge is 0.395 e. The predicted octanol–water partition coefficient (Wildman–Crippen LogP) is 1.20. The molecule has 1 aromatic heterocycles. The Kier molecular flexibility index (Phi) is 4.93. The monoisotopic (exact) mass is 210 g/mol. The van der Waals surface area contributed by atoms with Gasteiger partial charge in [0.05, 0.1) is 12.8 Å². The average molecular weight is 210 g/mol. The van der Waals surface area contributed by atoms with E-state index in [-0.39, 0.29) is 12.4 Å². The van der Waals surface area contributed by atoms with Crippen molar-refractivity contribution < 1.29 is 9.50 Å². The minimum atomic E-state index is -0.338. The summed E-state index contributed by atoms with van der Waals surface area (Å²) < 4.78 is 12.8. The highest BCUT2D eigenvalue weighted by Crippen LogP contribution is 2.05. The number of halogens is 1. The van der Waals surface area contributed by atoms with Crippen LogP contribution in [0.1, 0.15) is 5.56 Å². The second kappa shape index (κ2) is 6.27. The quantitative estimate of drug-likeness (QED) is 0.717. The van der Waals surface area contributed by atoms with Gasteiger partial charge in [-0.05, 0) is 11.6 Å². The predicted molar refractivity (Wildman–Crippen MR) is 56.8 cm³/mol. The first-order valence-corrected chi connectivity index (χ1v) is 4.80. The molecule has 1 aromatic rings. The van der Waals surface area contributed by atoms with Crippen LogP contribution in [-0.4, -0.2) is 34.7 Å². The van der Waals surface area contributed by atoms with Crippen molar-refractivity contribution in [3.05, 3.63) is 42.5 Å². The Hall–Kier alpha value is -1.26. The summed E-state index contributed by atoms with van der Waals surface area (Å²) >= 11 is 0. The molecule has 3 nitrogen and oxygen atoms in total. The fraction of sp³-hybridized carbons (Fsp3) is 0.364. The SMILES string of the molecule is C=CCN(CCO)Cc1cncc(F)c1. The third-order valence-corrected chi connectivity index (χ3v) is 1.97. The number of aromatic nitrogens is 1. The van der Waals surface area contributed by atoms with Gasteiger partial charge in [0.25, 0.3) is 0 Å². The molecule has 0 aromatic carbocycles. The molecule has 0 unspecified atom stereocenters. The Morgan fingerprint density at radius 1 is 1.53 bits per heavy atom. The van der Waals surface area contributed by atoms with Crippen LogP contribution in [0.5, 0.6) is 0 Å². The topological polar surface area (TPSA) is 36.4 Å². The van der Waals surface area contributed by atoms with Crippen LogP contribution in [0.3, 0.4) is 0 Å². The van der Waals surface area contributed by atoms with Gasteiger partial charge in [-0.2, -0.15) is 0 Å². The number of hydrogen-bond donors (Lipinski definition) is 1. The molecular weight excluding hydrogens is 195 g/mol. The lowest BCUT2D eigenvalue weighted by molar-refractivity contribution is 0.203. The summed E-state index contributed by atoms with van der Waals surface area (Å²) in [4.78, 5) is 5.73. The maximum Gasteiger partial charge on any atom is 0.141 e. The van der Waals surface area contributed by atoms with E-state index in [0.717, 1.165) is 5.56 Å². The first-order chi connectivity index (χ1) is 7.26. The Bertz CT molecular complexity index is 317. The average Bonchev–Trinajstić information content (AvgIpc) is 2.18. The fourth-order valence-corrected chi connectivity index (χ4v) is 1.36. The van der Waals surface area contributed by atoms with Crippen LogP contribution in [-0.2, 0) is 6.54 Å². The molecule has 0 saturated carbocycles. The number of aliphatic hydroxyl groups excluding tert-OH is 1. The molecule has 0 amide bonds. The fourth-order valence-electron chi connectivity index (χ4n) is 1.36. The van der Waals surface area contributed by atoms with E-state index in [1.807, 2.05) is 4.90 Å². The number of rotatable bonds is 6. The van der Waals surface area contributed by atoms with Crippen LogP contribution in [0.2, 0.25) is 0 Å². The lowest BCUT2D eigenvalue weighted by Crippen LogP contribution is -2.26. The van der Waals surface area contributed by atoms with Crippen molar-refractivity contribution in [1.29, 1.82) is 0 Å². The first kappa shape index (κ1) is 11.8. The molecule has 4 heteroatoms. The minimum absolute atomic E-state index is 0.0799. The molecule has 0 radical (unpaired) electrons. The van der Waals surface area contributed by atoms with Crippen LogP contribution in [0.25, 0.3) is 0 Å². The zero-order valence-electron chi connectivity index (χ0n) is 8.56. The van der Waals surface area contributed by atoms with Crippen molar-refractivity contribution in [3.63, 3.8) is 0 Å². The Labute approximate surface area is 88.9 Å². The molecule has 15 heavy (non-hydrogen) atoms. The van der Waals surface area contributed by atoms with Gasteiger partial charge in [0.2, 0.25) is 0 Å². The van der Waals surface area contributed by atoms with E-state index in [1.54, 1.807) is 12.3 Å². The van der Waals surface area contributed by atoms with Crippen molar-refractivity contribution in [2.45, 2.75) is 6.54 Å². The Morgan fingerprint density at radius 2 is 2.33 bits per heavy atom. The summed E-state index contributed by atoms with van der Waals surface area (Å²) in [6, 6.07) is 1.44. The number of nitrogens with zero attached hydrogens (tertiary/aromatic N) is 2. The lowest BCUT2D eigenvalue weighted by atomic mass is 10.2. The maximum absolute atomic E-state index is 12.8. The standard InChI is InChI=1S/C11H15FN2O/c1-2-3-14(4-5-15)9-10-6-11(12)8-13-7-10/h2,6-8,15H,1,3-5,9H2. The molecule has 0 fully saturated rings. The van der Waals surface area contributed by atoms with Gasteiger partial charge < -0.3 is 5.11 Å². The number of pyridine rings is 1. The van der Waals surface area contributed by atoms with Crippen molar-refractivity contribution >= 4 is 0 Å². The van der Waals surface area contributed by atoms with Crippen LogP contribution in [0, 0.1) is 5.82 Å². The molecule has 0 bridgehead atoms. The summed E-state index contributed by atoms with van der Waals surface area (Å²) in [6.07, 6.45) is 4.55. The van der Waals surface area contributed by atoms with Crippen LogP contribution < -0.4 is 0 Å². The smallest absolute Gasteiger partial charge is 0.141 e. The van der Waals surface area contributed by atoms with E-state index in [2.05, 4.69) is 11.6 Å². The van der Waals surface area contributed by atoms with Gasteiger partial charge in [-0.3, -0.25) is 9.88 Å². The highest BCUT2D eigenvalue weighted by Gasteiger charge is 2.04. The molecule has 82 valence electrons.